The van der Waals surface area contributed by atoms with Crippen molar-refractivity contribution in [2.75, 3.05) is 31.2 Å². The second-order valence-electron chi connectivity index (χ2n) is 4.30. The quantitative estimate of drug-likeness (QED) is 0.794. The summed E-state index contributed by atoms with van der Waals surface area (Å²) in [5.41, 5.74) is 2.69. The summed E-state index contributed by atoms with van der Waals surface area (Å²) in [5, 5.41) is 9.11. The minimum absolute atomic E-state index is 0.0127. The van der Waals surface area contributed by atoms with Crippen LogP contribution < -0.4 is 4.90 Å². The Morgan fingerprint density at radius 1 is 1.59 bits per heavy atom. The summed E-state index contributed by atoms with van der Waals surface area (Å²) in [5.74, 6) is 0. The molecule has 1 aliphatic heterocycles. The number of aliphatic hydroxyl groups is 1. The second kappa shape index (κ2) is 5.29. The fraction of sp³-hybridized carbons (Fsp3) is 0.462. The van der Waals surface area contributed by atoms with Crippen LogP contribution >= 0.6 is 0 Å². The standard InChI is InChI=1S/C13H17NO3/c1-10-2-3-13(11(6-10)8-15)14-4-5-17-12(7-14)9-16/h2-3,6,8,12,16H,4-5,7,9H2,1H3. The predicted molar refractivity (Wildman–Crippen MR) is 65.6 cm³/mol. The van der Waals surface area contributed by atoms with E-state index in [0.29, 0.717) is 18.7 Å². The van der Waals surface area contributed by atoms with Gasteiger partial charge >= 0.3 is 0 Å². The van der Waals surface area contributed by atoms with E-state index >= 15 is 0 Å². The molecule has 1 aliphatic rings. The van der Waals surface area contributed by atoms with Crippen molar-refractivity contribution in [3.05, 3.63) is 29.3 Å². The number of morpholine rings is 1. The van der Waals surface area contributed by atoms with Crippen molar-refractivity contribution in [2.45, 2.75) is 13.0 Å². The van der Waals surface area contributed by atoms with Crippen molar-refractivity contribution in [1.82, 2.24) is 0 Å². The number of anilines is 1. The molecular formula is C13H17NO3. The Labute approximate surface area is 101 Å². The Morgan fingerprint density at radius 3 is 3.12 bits per heavy atom. The van der Waals surface area contributed by atoms with E-state index in [0.717, 1.165) is 24.1 Å². The third-order valence-electron chi connectivity index (χ3n) is 2.99. The van der Waals surface area contributed by atoms with Gasteiger partial charge in [-0.1, -0.05) is 11.6 Å². The maximum atomic E-state index is 11.1. The summed E-state index contributed by atoms with van der Waals surface area (Å²) in [6.45, 7) is 3.93. The zero-order valence-corrected chi connectivity index (χ0v) is 9.93. The number of carbonyl (C=O) groups is 1. The Bertz CT molecular complexity index is 406. The number of hydrogen-bond donors (Lipinski definition) is 1. The first-order chi connectivity index (χ1) is 8.24. The van der Waals surface area contributed by atoms with Gasteiger partial charge in [-0.15, -0.1) is 0 Å². The number of nitrogens with zero attached hydrogens (tertiary/aromatic N) is 1. The molecule has 0 radical (unpaired) electrons. The van der Waals surface area contributed by atoms with Crippen LogP contribution in [-0.2, 0) is 4.74 Å². The molecule has 17 heavy (non-hydrogen) atoms. The van der Waals surface area contributed by atoms with Crippen LogP contribution in [0, 0.1) is 6.92 Å². The van der Waals surface area contributed by atoms with E-state index in [4.69, 9.17) is 9.84 Å². The van der Waals surface area contributed by atoms with Crippen LogP contribution in [0.3, 0.4) is 0 Å². The Balaban J connectivity index is 2.23. The first-order valence-corrected chi connectivity index (χ1v) is 5.78. The van der Waals surface area contributed by atoms with Crippen LogP contribution in [0.15, 0.2) is 18.2 Å². The molecule has 0 amide bonds. The Hall–Kier alpha value is -1.39. The molecule has 0 aliphatic carbocycles. The SMILES string of the molecule is Cc1ccc(N2CCOC(CO)C2)c(C=O)c1. The van der Waals surface area contributed by atoms with Crippen LogP contribution in [0.4, 0.5) is 5.69 Å². The fourth-order valence-corrected chi connectivity index (χ4v) is 2.10. The van der Waals surface area contributed by atoms with Crippen molar-refractivity contribution >= 4 is 12.0 Å². The predicted octanol–water partition coefficient (Wildman–Crippen LogP) is 1.01. The van der Waals surface area contributed by atoms with Crippen molar-refractivity contribution in [2.24, 2.45) is 0 Å². The first-order valence-electron chi connectivity index (χ1n) is 5.78. The average molecular weight is 235 g/mol. The highest BCUT2D eigenvalue weighted by Gasteiger charge is 2.21. The number of aliphatic hydroxyl groups excluding tert-OH is 1. The Morgan fingerprint density at radius 2 is 2.41 bits per heavy atom. The van der Waals surface area contributed by atoms with E-state index in [9.17, 15) is 4.79 Å². The van der Waals surface area contributed by atoms with Crippen molar-refractivity contribution in [3.8, 4) is 0 Å². The van der Waals surface area contributed by atoms with Gasteiger partial charge in [-0.05, 0) is 19.1 Å². The third kappa shape index (κ3) is 2.65. The number of aryl methyl sites for hydroxylation is 1. The molecule has 1 atom stereocenters. The van der Waals surface area contributed by atoms with E-state index in [1.165, 1.54) is 0 Å². The van der Waals surface area contributed by atoms with Crippen LogP contribution in [0.5, 0.6) is 0 Å². The van der Waals surface area contributed by atoms with Crippen molar-refractivity contribution in [1.29, 1.82) is 0 Å². The van der Waals surface area contributed by atoms with Gasteiger partial charge in [-0.2, -0.15) is 0 Å². The maximum Gasteiger partial charge on any atom is 0.152 e. The van der Waals surface area contributed by atoms with E-state index in [1.807, 2.05) is 25.1 Å². The fourth-order valence-electron chi connectivity index (χ4n) is 2.10. The lowest BCUT2D eigenvalue weighted by atomic mass is 10.1. The normalized spacial score (nSPS) is 20.4. The molecule has 1 heterocycles. The molecule has 0 aromatic heterocycles. The second-order valence-corrected chi connectivity index (χ2v) is 4.30. The summed E-state index contributed by atoms with van der Waals surface area (Å²) >= 11 is 0. The molecule has 2 rings (SSSR count). The summed E-state index contributed by atoms with van der Waals surface area (Å²) < 4.78 is 5.40. The summed E-state index contributed by atoms with van der Waals surface area (Å²) in [6.07, 6.45) is 0.718. The molecule has 4 nitrogen and oxygen atoms in total. The van der Waals surface area contributed by atoms with E-state index in [-0.39, 0.29) is 12.7 Å². The van der Waals surface area contributed by atoms with Gasteiger partial charge in [-0.3, -0.25) is 4.79 Å². The molecule has 0 spiro atoms. The minimum atomic E-state index is -0.162. The molecule has 1 fully saturated rings. The molecule has 92 valence electrons. The number of rotatable bonds is 3. The zero-order valence-electron chi connectivity index (χ0n) is 9.93. The van der Waals surface area contributed by atoms with E-state index in [1.54, 1.807) is 0 Å². The summed E-state index contributed by atoms with van der Waals surface area (Å²) in [4.78, 5) is 13.2. The largest absolute Gasteiger partial charge is 0.394 e. The van der Waals surface area contributed by atoms with Gasteiger partial charge < -0.3 is 14.7 Å². The molecule has 1 aromatic carbocycles. The third-order valence-corrected chi connectivity index (χ3v) is 2.99. The Kier molecular flexibility index (Phi) is 3.76. The number of carbonyl (C=O) groups excluding carboxylic acids is 1. The monoisotopic (exact) mass is 235 g/mol. The molecule has 0 bridgehead atoms. The first kappa shape index (κ1) is 12.1. The highest BCUT2D eigenvalue weighted by Crippen LogP contribution is 2.22. The lowest BCUT2D eigenvalue weighted by Crippen LogP contribution is -2.44. The van der Waals surface area contributed by atoms with Gasteiger partial charge in [0, 0.05) is 24.3 Å². The zero-order chi connectivity index (χ0) is 12.3. The average Bonchev–Trinajstić information content (AvgIpc) is 2.38. The van der Waals surface area contributed by atoms with Crippen molar-refractivity contribution in [3.63, 3.8) is 0 Å². The highest BCUT2D eigenvalue weighted by molar-refractivity contribution is 5.85. The van der Waals surface area contributed by atoms with Crippen molar-refractivity contribution < 1.29 is 14.6 Å². The van der Waals surface area contributed by atoms with Gasteiger partial charge in [0.25, 0.3) is 0 Å². The van der Waals surface area contributed by atoms with Gasteiger partial charge in [0.1, 0.15) is 0 Å². The van der Waals surface area contributed by atoms with Crippen LogP contribution in [0.1, 0.15) is 15.9 Å². The van der Waals surface area contributed by atoms with E-state index in [2.05, 4.69) is 4.90 Å². The number of benzene rings is 1. The maximum absolute atomic E-state index is 11.1. The topological polar surface area (TPSA) is 49.8 Å². The minimum Gasteiger partial charge on any atom is -0.394 e. The summed E-state index contributed by atoms with van der Waals surface area (Å²) in [6, 6.07) is 5.83. The van der Waals surface area contributed by atoms with E-state index < -0.39 is 0 Å². The molecule has 4 heteroatoms. The van der Waals surface area contributed by atoms with Crippen LogP contribution in [0.2, 0.25) is 0 Å². The van der Waals surface area contributed by atoms with Crippen LogP contribution in [0.25, 0.3) is 0 Å². The molecule has 1 N–H and O–H groups in total. The number of aldehydes is 1. The molecular weight excluding hydrogens is 218 g/mol. The lowest BCUT2D eigenvalue weighted by molar-refractivity contribution is 0.00354. The smallest absolute Gasteiger partial charge is 0.152 e. The number of hydrogen-bond acceptors (Lipinski definition) is 4. The summed E-state index contributed by atoms with van der Waals surface area (Å²) in [7, 11) is 0. The lowest BCUT2D eigenvalue weighted by Gasteiger charge is -2.34. The highest BCUT2D eigenvalue weighted by atomic mass is 16.5. The van der Waals surface area contributed by atoms with Crippen LogP contribution in [-0.4, -0.2) is 43.8 Å². The number of ether oxygens (including phenoxy) is 1. The van der Waals surface area contributed by atoms with Gasteiger partial charge in [0.05, 0.1) is 19.3 Å². The molecule has 1 unspecified atom stereocenters. The molecule has 0 saturated carbocycles. The van der Waals surface area contributed by atoms with Gasteiger partial charge in [0.15, 0.2) is 6.29 Å². The molecule has 1 saturated heterocycles. The molecule has 1 aromatic rings. The van der Waals surface area contributed by atoms with Gasteiger partial charge in [0.2, 0.25) is 0 Å². The van der Waals surface area contributed by atoms with Gasteiger partial charge in [-0.25, -0.2) is 0 Å².